The number of unbranched alkanes of at least 4 members (excludes halogenated alkanes) is 10. The van der Waals surface area contributed by atoms with E-state index < -0.39 is 0 Å². The van der Waals surface area contributed by atoms with E-state index in [2.05, 4.69) is 156 Å². The Labute approximate surface area is 327 Å². The van der Waals surface area contributed by atoms with E-state index >= 15 is 0 Å². The van der Waals surface area contributed by atoms with Crippen LogP contribution in [-0.2, 0) is 5.41 Å². The highest BCUT2D eigenvalue weighted by Crippen LogP contribution is 2.55. The van der Waals surface area contributed by atoms with Gasteiger partial charge in [0.25, 0.3) is 0 Å². The molecule has 0 unspecified atom stereocenters. The maximum atomic E-state index is 2.61. The smallest absolute Gasteiger partial charge is 0.0541 e. The molecule has 0 atom stereocenters. The van der Waals surface area contributed by atoms with Gasteiger partial charge in [0.15, 0.2) is 0 Å². The van der Waals surface area contributed by atoms with Gasteiger partial charge in [-0.15, -0.1) is 0 Å². The van der Waals surface area contributed by atoms with Gasteiger partial charge in [0.2, 0.25) is 0 Å². The lowest BCUT2D eigenvalue weighted by atomic mass is 9.70. The largest absolute Gasteiger partial charge is 0.309 e. The molecule has 55 heavy (non-hydrogen) atoms. The van der Waals surface area contributed by atoms with Crippen LogP contribution in [0.5, 0.6) is 0 Å². The van der Waals surface area contributed by atoms with Crippen LogP contribution in [0, 0.1) is 0 Å². The maximum absolute atomic E-state index is 2.61. The van der Waals surface area contributed by atoms with Crippen molar-refractivity contribution < 1.29 is 0 Å². The van der Waals surface area contributed by atoms with E-state index in [-0.39, 0.29) is 5.41 Å². The normalized spacial score (nSPS) is 13.3. The predicted octanol–water partition coefficient (Wildman–Crippen LogP) is 15.6. The monoisotopic (exact) mass is 720 g/mol. The third-order valence-electron chi connectivity index (χ3n) is 12.9. The van der Waals surface area contributed by atoms with Crippen molar-refractivity contribution in [3.63, 3.8) is 0 Å². The number of fused-ring (bicyclic) bond motifs is 9. The zero-order valence-electron chi connectivity index (χ0n) is 33.0. The van der Waals surface area contributed by atoms with Gasteiger partial charge in [0.1, 0.15) is 0 Å². The molecule has 2 heterocycles. The molecule has 8 aromatic rings. The molecule has 6 aromatic carbocycles. The topological polar surface area (TPSA) is 9.86 Å². The highest BCUT2D eigenvalue weighted by molar-refractivity contribution is 6.10. The lowest BCUT2D eigenvalue weighted by molar-refractivity contribution is 0.397. The second-order valence-corrected chi connectivity index (χ2v) is 16.3. The SMILES string of the molecule is CCCCCCCCC1(CCCCCCCC)c2cc(-n3c4ccccc4c4ccccc43)ccc2-c2ccc(-n3c4ccccc4c4ccccc43)cc21. The Kier molecular flexibility index (Phi) is 10.1. The average molecular weight is 721 g/mol. The van der Waals surface area contributed by atoms with Gasteiger partial charge in [-0.05, 0) is 83.6 Å². The first-order chi connectivity index (χ1) is 27.2. The third-order valence-corrected chi connectivity index (χ3v) is 12.9. The van der Waals surface area contributed by atoms with Crippen molar-refractivity contribution >= 4 is 43.6 Å². The van der Waals surface area contributed by atoms with Crippen LogP contribution in [0.15, 0.2) is 133 Å². The van der Waals surface area contributed by atoms with E-state index in [0.29, 0.717) is 0 Å². The van der Waals surface area contributed by atoms with E-state index in [1.165, 1.54) is 156 Å². The first-order valence-corrected chi connectivity index (χ1v) is 21.5. The summed E-state index contributed by atoms with van der Waals surface area (Å²) in [5, 5.41) is 5.29. The van der Waals surface area contributed by atoms with Gasteiger partial charge in [-0.2, -0.15) is 0 Å². The molecule has 0 bridgehead atoms. The molecule has 1 aliphatic rings. The first-order valence-electron chi connectivity index (χ1n) is 21.5. The molecular weight excluding hydrogens is 665 g/mol. The van der Waals surface area contributed by atoms with Crippen LogP contribution >= 0.6 is 0 Å². The molecule has 2 nitrogen and oxygen atoms in total. The number of rotatable bonds is 16. The lowest BCUT2D eigenvalue weighted by Crippen LogP contribution is -2.26. The van der Waals surface area contributed by atoms with Gasteiger partial charge in [0, 0.05) is 38.3 Å². The molecule has 0 saturated carbocycles. The Morgan fingerprint density at radius 3 is 1.05 bits per heavy atom. The Balaban J connectivity index is 1.22. The summed E-state index contributed by atoms with van der Waals surface area (Å²) < 4.78 is 5.05. The Hall–Kier alpha value is -5.08. The summed E-state index contributed by atoms with van der Waals surface area (Å²) in [6.07, 6.45) is 18.2. The summed E-state index contributed by atoms with van der Waals surface area (Å²) in [6, 6.07) is 50.8. The van der Waals surface area contributed by atoms with E-state index in [1.54, 1.807) is 11.1 Å². The zero-order valence-corrected chi connectivity index (χ0v) is 33.0. The minimum Gasteiger partial charge on any atom is -0.309 e. The summed E-state index contributed by atoms with van der Waals surface area (Å²) in [5.74, 6) is 0. The van der Waals surface area contributed by atoms with Crippen LogP contribution < -0.4 is 0 Å². The molecule has 0 N–H and O–H groups in total. The van der Waals surface area contributed by atoms with E-state index in [9.17, 15) is 0 Å². The quantitative estimate of drug-likeness (QED) is 0.0880. The van der Waals surface area contributed by atoms with Gasteiger partial charge < -0.3 is 9.13 Å². The van der Waals surface area contributed by atoms with Crippen LogP contribution in [0.4, 0.5) is 0 Å². The maximum Gasteiger partial charge on any atom is 0.0541 e. The zero-order chi connectivity index (χ0) is 37.2. The predicted molar refractivity (Wildman–Crippen MR) is 237 cm³/mol. The lowest BCUT2D eigenvalue weighted by Gasteiger charge is -2.33. The van der Waals surface area contributed by atoms with Crippen LogP contribution in [0.2, 0.25) is 0 Å². The number of para-hydroxylation sites is 4. The second kappa shape index (κ2) is 15.6. The standard InChI is InChI=1S/C53H56N2/c1-3-5-7-9-11-21-35-53(36-22-12-10-8-6-4-2)47-37-39(54-49-27-17-13-23-43(49)44-24-14-18-28-50(44)54)31-33-41(47)42-34-32-40(38-48(42)53)55-51-29-19-15-25-45(51)46-26-16-20-30-52(46)55/h13-20,23-34,37-38H,3-12,21-22,35-36H2,1-2H3. The van der Waals surface area contributed by atoms with Crippen molar-refractivity contribution in [1.82, 2.24) is 9.13 Å². The molecule has 2 heteroatoms. The van der Waals surface area contributed by atoms with E-state index in [1.807, 2.05) is 0 Å². The van der Waals surface area contributed by atoms with Crippen molar-refractivity contribution in [3.8, 4) is 22.5 Å². The molecule has 0 saturated heterocycles. The number of nitrogens with zero attached hydrogens (tertiary/aromatic N) is 2. The van der Waals surface area contributed by atoms with Gasteiger partial charge in [-0.3, -0.25) is 0 Å². The molecule has 0 amide bonds. The number of benzene rings is 6. The Bertz CT molecular complexity index is 2310. The summed E-state index contributed by atoms with van der Waals surface area (Å²) in [4.78, 5) is 0. The van der Waals surface area contributed by atoms with Crippen LogP contribution in [0.3, 0.4) is 0 Å². The molecule has 278 valence electrons. The molecule has 9 rings (SSSR count). The number of hydrogen-bond acceptors (Lipinski definition) is 0. The van der Waals surface area contributed by atoms with Gasteiger partial charge in [-0.1, -0.05) is 176 Å². The molecule has 0 spiro atoms. The van der Waals surface area contributed by atoms with Gasteiger partial charge in [-0.25, -0.2) is 0 Å². The van der Waals surface area contributed by atoms with Crippen molar-refractivity contribution in [1.29, 1.82) is 0 Å². The minimum absolute atomic E-state index is 0.0380. The molecule has 1 aliphatic carbocycles. The molecule has 0 radical (unpaired) electrons. The number of hydrogen-bond donors (Lipinski definition) is 0. The first kappa shape index (κ1) is 35.6. The van der Waals surface area contributed by atoms with Gasteiger partial charge >= 0.3 is 0 Å². The van der Waals surface area contributed by atoms with E-state index in [4.69, 9.17) is 0 Å². The highest BCUT2D eigenvalue weighted by atomic mass is 15.0. The Morgan fingerprint density at radius 1 is 0.364 bits per heavy atom. The molecular formula is C53H56N2. The molecule has 0 fully saturated rings. The summed E-state index contributed by atoms with van der Waals surface area (Å²) in [5.41, 5.74) is 13.6. The second-order valence-electron chi connectivity index (χ2n) is 16.3. The molecule has 0 aliphatic heterocycles. The molecule has 2 aromatic heterocycles. The minimum atomic E-state index is -0.0380. The fourth-order valence-electron chi connectivity index (χ4n) is 10.2. The Morgan fingerprint density at radius 2 is 0.691 bits per heavy atom. The summed E-state index contributed by atoms with van der Waals surface area (Å²) in [6.45, 7) is 4.65. The summed E-state index contributed by atoms with van der Waals surface area (Å²) in [7, 11) is 0. The average Bonchev–Trinajstić information content (AvgIpc) is 3.84. The van der Waals surface area contributed by atoms with Crippen molar-refractivity contribution in [3.05, 3.63) is 145 Å². The van der Waals surface area contributed by atoms with Crippen LogP contribution in [-0.4, -0.2) is 9.13 Å². The summed E-state index contributed by atoms with van der Waals surface area (Å²) >= 11 is 0. The van der Waals surface area contributed by atoms with Gasteiger partial charge in [0.05, 0.1) is 22.1 Å². The third kappa shape index (κ3) is 6.28. The highest BCUT2D eigenvalue weighted by Gasteiger charge is 2.43. The van der Waals surface area contributed by atoms with Crippen molar-refractivity contribution in [2.24, 2.45) is 0 Å². The van der Waals surface area contributed by atoms with Crippen molar-refractivity contribution in [2.75, 3.05) is 0 Å². The van der Waals surface area contributed by atoms with Crippen molar-refractivity contribution in [2.45, 2.75) is 109 Å². The van der Waals surface area contributed by atoms with Crippen LogP contribution in [0.1, 0.15) is 115 Å². The van der Waals surface area contributed by atoms with E-state index in [0.717, 1.165) is 0 Å². The van der Waals surface area contributed by atoms with Crippen LogP contribution in [0.25, 0.3) is 66.1 Å². The fourth-order valence-corrected chi connectivity index (χ4v) is 10.2. The number of aromatic nitrogens is 2. The fraction of sp³-hybridized carbons (Fsp3) is 0.321.